The van der Waals surface area contributed by atoms with Gasteiger partial charge in [0.15, 0.2) is 0 Å². The second-order valence-corrected chi connectivity index (χ2v) is 4.61. The Morgan fingerprint density at radius 1 is 0.900 bits per heavy atom. The summed E-state index contributed by atoms with van der Waals surface area (Å²) < 4.78 is 27.7. The number of aromatic nitrogens is 2. The third kappa shape index (κ3) is 2.32. The molecule has 0 unspecified atom stereocenters. The average molecular weight is 270 g/mol. The molecule has 0 aliphatic rings. The van der Waals surface area contributed by atoms with Crippen molar-refractivity contribution in [2.75, 3.05) is 0 Å². The third-order valence-corrected chi connectivity index (χ3v) is 3.17. The van der Waals surface area contributed by atoms with Crippen LogP contribution in [0.3, 0.4) is 0 Å². The minimum absolute atomic E-state index is 0.267. The highest BCUT2D eigenvalue weighted by molar-refractivity contribution is 5.62. The molecule has 0 saturated heterocycles. The molecule has 2 nitrogen and oxygen atoms in total. The fourth-order valence-electron chi connectivity index (χ4n) is 2.12. The fraction of sp³-hybridized carbons (Fsp3) is 0.0625. The van der Waals surface area contributed by atoms with Gasteiger partial charge in [-0.05, 0) is 48.4 Å². The summed E-state index contributed by atoms with van der Waals surface area (Å²) in [5, 5.41) is 4.28. The first-order chi connectivity index (χ1) is 9.63. The standard InChI is InChI=1S/C16H12F2N2/c1-11-8-15(18)6-7-16(11)20-10-13(9-19-20)12-2-4-14(17)5-3-12/h2-10H,1H3. The molecule has 0 spiro atoms. The molecule has 4 heteroatoms. The van der Waals surface area contributed by atoms with E-state index in [4.69, 9.17) is 0 Å². The summed E-state index contributed by atoms with van der Waals surface area (Å²) in [4.78, 5) is 0. The highest BCUT2D eigenvalue weighted by Crippen LogP contribution is 2.22. The second-order valence-electron chi connectivity index (χ2n) is 4.61. The van der Waals surface area contributed by atoms with Crippen LogP contribution in [0.15, 0.2) is 54.9 Å². The van der Waals surface area contributed by atoms with Gasteiger partial charge in [0, 0.05) is 11.8 Å². The Labute approximate surface area is 115 Å². The van der Waals surface area contributed by atoms with Crippen molar-refractivity contribution in [2.24, 2.45) is 0 Å². The summed E-state index contributed by atoms with van der Waals surface area (Å²) in [5.41, 5.74) is 3.39. The predicted molar refractivity (Wildman–Crippen MR) is 73.7 cm³/mol. The normalized spacial score (nSPS) is 10.8. The number of benzene rings is 2. The molecule has 20 heavy (non-hydrogen) atoms. The zero-order valence-electron chi connectivity index (χ0n) is 10.8. The monoisotopic (exact) mass is 270 g/mol. The van der Waals surface area contributed by atoms with E-state index in [0.717, 1.165) is 22.4 Å². The van der Waals surface area contributed by atoms with E-state index in [9.17, 15) is 8.78 Å². The number of hydrogen-bond donors (Lipinski definition) is 0. The van der Waals surface area contributed by atoms with E-state index in [0.29, 0.717) is 0 Å². The van der Waals surface area contributed by atoms with Crippen molar-refractivity contribution in [1.82, 2.24) is 9.78 Å². The molecule has 100 valence electrons. The van der Waals surface area contributed by atoms with Crippen LogP contribution in [0.5, 0.6) is 0 Å². The van der Waals surface area contributed by atoms with E-state index < -0.39 is 0 Å². The second kappa shape index (κ2) is 4.89. The largest absolute Gasteiger partial charge is 0.240 e. The van der Waals surface area contributed by atoms with Crippen molar-refractivity contribution in [1.29, 1.82) is 0 Å². The topological polar surface area (TPSA) is 17.8 Å². The summed E-state index contributed by atoms with van der Waals surface area (Å²) in [6, 6.07) is 10.8. The van der Waals surface area contributed by atoms with Gasteiger partial charge in [0.05, 0.1) is 11.9 Å². The Morgan fingerprint density at radius 2 is 1.60 bits per heavy atom. The minimum Gasteiger partial charge on any atom is -0.240 e. The summed E-state index contributed by atoms with van der Waals surface area (Å²) in [5.74, 6) is -0.535. The van der Waals surface area contributed by atoms with Crippen molar-refractivity contribution < 1.29 is 8.78 Å². The number of hydrogen-bond acceptors (Lipinski definition) is 1. The molecule has 0 fully saturated rings. The fourth-order valence-corrected chi connectivity index (χ4v) is 2.12. The lowest BCUT2D eigenvalue weighted by Crippen LogP contribution is -1.97. The van der Waals surface area contributed by atoms with Crippen LogP contribution < -0.4 is 0 Å². The number of rotatable bonds is 2. The van der Waals surface area contributed by atoms with Crippen molar-refractivity contribution in [3.8, 4) is 16.8 Å². The van der Waals surface area contributed by atoms with Gasteiger partial charge in [0.25, 0.3) is 0 Å². The van der Waals surface area contributed by atoms with Crippen molar-refractivity contribution in [3.63, 3.8) is 0 Å². The molecule has 0 radical (unpaired) electrons. The Hall–Kier alpha value is -2.49. The zero-order valence-corrected chi connectivity index (χ0v) is 10.8. The smallest absolute Gasteiger partial charge is 0.123 e. The Balaban J connectivity index is 1.99. The number of aryl methyl sites for hydroxylation is 1. The molecular weight excluding hydrogens is 258 g/mol. The van der Waals surface area contributed by atoms with Crippen molar-refractivity contribution >= 4 is 0 Å². The van der Waals surface area contributed by atoms with E-state index >= 15 is 0 Å². The Bertz CT molecular complexity index is 745. The van der Waals surface area contributed by atoms with E-state index in [1.165, 1.54) is 24.3 Å². The summed E-state index contributed by atoms with van der Waals surface area (Å²) >= 11 is 0. The SMILES string of the molecule is Cc1cc(F)ccc1-n1cc(-c2ccc(F)cc2)cn1. The summed E-state index contributed by atoms with van der Waals surface area (Å²) in [6.07, 6.45) is 3.55. The highest BCUT2D eigenvalue weighted by atomic mass is 19.1. The average Bonchev–Trinajstić information content (AvgIpc) is 2.89. The van der Waals surface area contributed by atoms with Crippen LogP contribution in [0.4, 0.5) is 8.78 Å². The van der Waals surface area contributed by atoms with Crippen molar-refractivity contribution in [3.05, 3.63) is 72.1 Å². The quantitative estimate of drug-likeness (QED) is 0.684. The molecule has 3 aromatic rings. The molecule has 0 N–H and O–H groups in total. The van der Waals surface area contributed by atoms with Gasteiger partial charge < -0.3 is 0 Å². The van der Waals surface area contributed by atoms with Gasteiger partial charge in [-0.1, -0.05) is 12.1 Å². The summed E-state index contributed by atoms with van der Waals surface area (Å²) in [6.45, 7) is 1.83. The molecule has 0 saturated carbocycles. The highest BCUT2D eigenvalue weighted by Gasteiger charge is 2.06. The van der Waals surface area contributed by atoms with E-state index in [1.54, 1.807) is 29.1 Å². The van der Waals surface area contributed by atoms with Gasteiger partial charge in [-0.3, -0.25) is 0 Å². The van der Waals surface area contributed by atoms with Crippen LogP contribution in [0.2, 0.25) is 0 Å². The first-order valence-electron chi connectivity index (χ1n) is 6.20. The first kappa shape index (κ1) is 12.5. The molecule has 0 aliphatic heterocycles. The molecule has 0 atom stereocenters. The van der Waals surface area contributed by atoms with Crippen LogP contribution in [-0.4, -0.2) is 9.78 Å². The third-order valence-electron chi connectivity index (χ3n) is 3.17. The van der Waals surface area contributed by atoms with Gasteiger partial charge in [0.2, 0.25) is 0 Å². The van der Waals surface area contributed by atoms with E-state index in [-0.39, 0.29) is 11.6 Å². The molecule has 2 aromatic carbocycles. The first-order valence-corrected chi connectivity index (χ1v) is 6.20. The van der Waals surface area contributed by atoms with Crippen LogP contribution in [0, 0.1) is 18.6 Å². The number of halogens is 2. The van der Waals surface area contributed by atoms with Crippen LogP contribution in [-0.2, 0) is 0 Å². The molecular formula is C16H12F2N2. The molecule has 0 aliphatic carbocycles. The molecule has 0 bridgehead atoms. The van der Waals surface area contributed by atoms with Crippen LogP contribution in [0.1, 0.15) is 5.56 Å². The maximum Gasteiger partial charge on any atom is 0.123 e. The molecule has 0 amide bonds. The molecule has 1 heterocycles. The minimum atomic E-state index is -0.268. The summed E-state index contributed by atoms with van der Waals surface area (Å²) in [7, 11) is 0. The Kier molecular flexibility index (Phi) is 3.06. The molecule has 1 aromatic heterocycles. The zero-order chi connectivity index (χ0) is 14.1. The van der Waals surface area contributed by atoms with E-state index in [1.807, 2.05) is 13.1 Å². The van der Waals surface area contributed by atoms with Crippen LogP contribution >= 0.6 is 0 Å². The molecule has 3 rings (SSSR count). The Morgan fingerprint density at radius 3 is 2.30 bits per heavy atom. The van der Waals surface area contributed by atoms with Crippen LogP contribution in [0.25, 0.3) is 16.8 Å². The lowest BCUT2D eigenvalue weighted by Gasteiger charge is -2.05. The van der Waals surface area contributed by atoms with Gasteiger partial charge in [0.1, 0.15) is 11.6 Å². The van der Waals surface area contributed by atoms with Gasteiger partial charge >= 0.3 is 0 Å². The van der Waals surface area contributed by atoms with Gasteiger partial charge in [-0.15, -0.1) is 0 Å². The van der Waals surface area contributed by atoms with Crippen molar-refractivity contribution in [2.45, 2.75) is 6.92 Å². The lowest BCUT2D eigenvalue weighted by atomic mass is 10.1. The van der Waals surface area contributed by atoms with E-state index in [2.05, 4.69) is 5.10 Å². The maximum absolute atomic E-state index is 13.1. The number of nitrogens with zero attached hydrogens (tertiary/aromatic N) is 2. The predicted octanol–water partition coefficient (Wildman–Crippen LogP) is 4.13. The lowest BCUT2D eigenvalue weighted by molar-refractivity contribution is 0.625. The van der Waals surface area contributed by atoms with Gasteiger partial charge in [-0.25, -0.2) is 13.5 Å². The maximum atomic E-state index is 13.1. The van der Waals surface area contributed by atoms with Gasteiger partial charge in [-0.2, -0.15) is 5.10 Å².